The van der Waals surface area contributed by atoms with Crippen LogP contribution >= 0.6 is 0 Å². The average molecular weight is 271 g/mol. The van der Waals surface area contributed by atoms with E-state index in [4.69, 9.17) is 14.6 Å². The van der Waals surface area contributed by atoms with Crippen LogP contribution in [-0.4, -0.2) is 18.3 Å². The molecule has 0 aliphatic carbocycles. The average Bonchev–Trinajstić information content (AvgIpc) is 2.46. The second-order valence-electron chi connectivity index (χ2n) is 6.61. The van der Waals surface area contributed by atoms with E-state index in [0.29, 0.717) is 6.32 Å². The maximum atomic E-state index is 9.11. The van der Waals surface area contributed by atoms with Crippen molar-refractivity contribution in [1.29, 1.82) is 5.26 Å². The number of aryl methyl sites for hydroxylation is 2. The monoisotopic (exact) mass is 271 g/mol. The van der Waals surface area contributed by atoms with Crippen molar-refractivity contribution in [2.75, 3.05) is 0 Å². The molecule has 1 saturated heterocycles. The van der Waals surface area contributed by atoms with Gasteiger partial charge >= 0.3 is 7.12 Å². The highest BCUT2D eigenvalue weighted by atomic mass is 16.7. The molecule has 1 aromatic carbocycles. The van der Waals surface area contributed by atoms with Gasteiger partial charge in [0.1, 0.15) is 0 Å². The molecule has 0 bridgehead atoms. The van der Waals surface area contributed by atoms with Gasteiger partial charge in [0.15, 0.2) is 0 Å². The standard InChI is InChI=1S/C16H22BNO2/c1-11-7-13(8-12(2)14(11)10-18)9-17-19-15(3,4)16(5,6)20-17/h7-8H,9H2,1-6H3. The van der Waals surface area contributed by atoms with Crippen molar-refractivity contribution in [3.05, 3.63) is 34.4 Å². The minimum atomic E-state index is -0.297. The van der Waals surface area contributed by atoms with Crippen LogP contribution in [0.1, 0.15) is 49.9 Å². The number of rotatable bonds is 2. The van der Waals surface area contributed by atoms with Crippen LogP contribution in [0.4, 0.5) is 0 Å². The first-order chi connectivity index (χ1) is 9.16. The fraction of sp³-hybridized carbons (Fsp3) is 0.562. The third kappa shape index (κ3) is 2.61. The highest BCUT2D eigenvalue weighted by Crippen LogP contribution is 2.37. The zero-order chi connectivity index (χ0) is 15.1. The summed E-state index contributed by atoms with van der Waals surface area (Å²) in [5.74, 6) is 0. The molecular weight excluding hydrogens is 249 g/mol. The summed E-state index contributed by atoms with van der Waals surface area (Å²) in [6.07, 6.45) is 0.709. The molecule has 0 radical (unpaired) electrons. The van der Waals surface area contributed by atoms with Crippen LogP contribution < -0.4 is 0 Å². The van der Waals surface area contributed by atoms with Gasteiger partial charge in [-0.15, -0.1) is 0 Å². The van der Waals surface area contributed by atoms with Crippen molar-refractivity contribution >= 4 is 7.12 Å². The Balaban J connectivity index is 2.19. The molecule has 0 unspecified atom stereocenters. The Kier molecular flexibility index (Phi) is 3.70. The minimum absolute atomic E-state index is 0.230. The number of nitrogens with zero attached hydrogens (tertiary/aromatic N) is 1. The molecule has 0 saturated carbocycles. The summed E-state index contributed by atoms with van der Waals surface area (Å²) in [5, 5.41) is 9.11. The molecule has 0 amide bonds. The normalized spacial score (nSPS) is 19.9. The van der Waals surface area contributed by atoms with Gasteiger partial charge in [0, 0.05) is 6.32 Å². The predicted molar refractivity (Wildman–Crippen MR) is 80.4 cm³/mol. The van der Waals surface area contributed by atoms with Gasteiger partial charge in [0.25, 0.3) is 0 Å². The number of hydrogen-bond acceptors (Lipinski definition) is 3. The first kappa shape index (κ1) is 15.1. The first-order valence-corrected chi connectivity index (χ1v) is 7.02. The van der Waals surface area contributed by atoms with E-state index in [-0.39, 0.29) is 18.3 Å². The van der Waals surface area contributed by atoms with Crippen LogP contribution in [0.3, 0.4) is 0 Å². The van der Waals surface area contributed by atoms with E-state index in [2.05, 4.69) is 45.9 Å². The van der Waals surface area contributed by atoms with E-state index < -0.39 is 0 Å². The summed E-state index contributed by atoms with van der Waals surface area (Å²) in [7, 11) is -0.230. The number of benzene rings is 1. The molecular formula is C16H22BNO2. The van der Waals surface area contributed by atoms with E-state index in [9.17, 15) is 0 Å². The molecule has 4 heteroatoms. The highest BCUT2D eigenvalue weighted by molar-refractivity contribution is 6.45. The van der Waals surface area contributed by atoms with E-state index in [0.717, 1.165) is 22.3 Å². The lowest BCUT2D eigenvalue weighted by Crippen LogP contribution is -2.41. The lowest BCUT2D eigenvalue weighted by molar-refractivity contribution is 0.00578. The van der Waals surface area contributed by atoms with Crippen LogP contribution in [-0.2, 0) is 15.6 Å². The summed E-state index contributed by atoms with van der Waals surface area (Å²) < 4.78 is 12.0. The van der Waals surface area contributed by atoms with Crippen molar-refractivity contribution in [2.45, 2.75) is 59.1 Å². The van der Waals surface area contributed by atoms with Gasteiger partial charge in [0.05, 0.1) is 22.8 Å². The Labute approximate surface area is 122 Å². The van der Waals surface area contributed by atoms with Crippen molar-refractivity contribution in [3.63, 3.8) is 0 Å². The predicted octanol–water partition coefficient (Wildman–Crippen LogP) is 3.35. The van der Waals surface area contributed by atoms with Crippen LogP contribution in [0.5, 0.6) is 0 Å². The van der Waals surface area contributed by atoms with Gasteiger partial charge in [0.2, 0.25) is 0 Å². The second kappa shape index (κ2) is 4.91. The Hall–Kier alpha value is -1.31. The van der Waals surface area contributed by atoms with E-state index >= 15 is 0 Å². The molecule has 0 spiro atoms. The molecule has 1 fully saturated rings. The van der Waals surface area contributed by atoms with Gasteiger partial charge < -0.3 is 9.31 Å². The van der Waals surface area contributed by atoms with E-state index in [1.54, 1.807) is 0 Å². The van der Waals surface area contributed by atoms with Crippen molar-refractivity contribution in [3.8, 4) is 6.07 Å². The zero-order valence-electron chi connectivity index (χ0n) is 13.2. The summed E-state index contributed by atoms with van der Waals surface area (Å²) >= 11 is 0. The molecule has 1 aromatic rings. The van der Waals surface area contributed by atoms with Gasteiger partial charge in [-0.05, 0) is 58.2 Å². The van der Waals surface area contributed by atoms with Crippen LogP contribution in [0, 0.1) is 25.2 Å². The maximum absolute atomic E-state index is 9.11. The Morgan fingerprint density at radius 3 is 1.90 bits per heavy atom. The fourth-order valence-electron chi connectivity index (χ4n) is 2.59. The smallest absolute Gasteiger partial charge is 0.403 e. The molecule has 1 heterocycles. The molecule has 106 valence electrons. The molecule has 1 aliphatic heterocycles. The summed E-state index contributed by atoms with van der Waals surface area (Å²) in [5.41, 5.74) is 3.35. The molecule has 0 atom stereocenters. The quantitative estimate of drug-likeness (QED) is 0.774. The zero-order valence-corrected chi connectivity index (χ0v) is 13.2. The summed E-state index contributed by atoms with van der Waals surface area (Å²) in [6, 6.07) is 6.35. The van der Waals surface area contributed by atoms with Crippen LogP contribution in [0.25, 0.3) is 0 Å². The van der Waals surface area contributed by atoms with Crippen LogP contribution in [0.2, 0.25) is 0 Å². The Bertz CT molecular complexity index is 533. The molecule has 1 aliphatic rings. The molecule has 0 N–H and O–H groups in total. The molecule has 20 heavy (non-hydrogen) atoms. The lowest BCUT2D eigenvalue weighted by atomic mass is 9.79. The first-order valence-electron chi connectivity index (χ1n) is 7.02. The van der Waals surface area contributed by atoms with Gasteiger partial charge in [-0.2, -0.15) is 5.26 Å². The Morgan fingerprint density at radius 1 is 1.05 bits per heavy atom. The lowest BCUT2D eigenvalue weighted by Gasteiger charge is -2.32. The van der Waals surface area contributed by atoms with E-state index in [1.165, 1.54) is 0 Å². The molecule has 3 nitrogen and oxygen atoms in total. The Morgan fingerprint density at radius 2 is 1.50 bits per heavy atom. The second-order valence-corrected chi connectivity index (χ2v) is 6.61. The molecule has 0 aromatic heterocycles. The third-order valence-electron chi connectivity index (χ3n) is 4.41. The topological polar surface area (TPSA) is 42.2 Å². The largest absolute Gasteiger partial charge is 0.462 e. The SMILES string of the molecule is Cc1cc(CB2OC(C)(C)C(C)(C)O2)cc(C)c1C#N. The number of nitriles is 1. The fourth-order valence-corrected chi connectivity index (χ4v) is 2.59. The maximum Gasteiger partial charge on any atom is 0.462 e. The van der Waals surface area contributed by atoms with E-state index in [1.807, 2.05) is 13.8 Å². The van der Waals surface area contributed by atoms with Crippen LogP contribution in [0.15, 0.2) is 12.1 Å². The highest BCUT2D eigenvalue weighted by Gasteiger charge is 2.50. The minimum Gasteiger partial charge on any atom is -0.403 e. The summed E-state index contributed by atoms with van der Waals surface area (Å²) in [4.78, 5) is 0. The summed E-state index contributed by atoms with van der Waals surface area (Å²) in [6.45, 7) is 12.2. The van der Waals surface area contributed by atoms with Crippen molar-refractivity contribution < 1.29 is 9.31 Å². The van der Waals surface area contributed by atoms with Crippen molar-refractivity contribution in [2.24, 2.45) is 0 Å². The molecule has 2 rings (SSSR count). The number of hydrogen-bond donors (Lipinski definition) is 0. The van der Waals surface area contributed by atoms with Gasteiger partial charge in [-0.25, -0.2) is 0 Å². The van der Waals surface area contributed by atoms with Gasteiger partial charge in [-0.1, -0.05) is 12.1 Å². The van der Waals surface area contributed by atoms with Gasteiger partial charge in [-0.3, -0.25) is 0 Å². The third-order valence-corrected chi connectivity index (χ3v) is 4.41. The van der Waals surface area contributed by atoms with Crippen molar-refractivity contribution in [1.82, 2.24) is 0 Å².